The van der Waals surface area contributed by atoms with Gasteiger partial charge in [0.2, 0.25) is 5.13 Å². The first kappa shape index (κ1) is 14.4. The Hall–Kier alpha value is -2.54. The van der Waals surface area contributed by atoms with Crippen molar-refractivity contribution in [1.29, 1.82) is 0 Å². The van der Waals surface area contributed by atoms with Gasteiger partial charge < -0.3 is 9.84 Å². The standard InChI is InChI=1S/C15H12BN3O2S/c1-21-13-7-9(20)6-11(16)10(13)8-17-19-15-18-12-4-2-3-5-14(12)22-15/h2-8,20H,1H3,(H,18,19)/b17-8+. The molecule has 2 aromatic carbocycles. The molecule has 0 saturated heterocycles. The number of rotatable bonds is 4. The third-order valence-corrected chi connectivity index (χ3v) is 3.97. The molecule has 0 atom stereocenters. The molecule has 108 valence electrons. The number of nitrogens with zero attached hydrogens (tertiary/aromatic N) is 2. The maximum atomic E-state index is 9.51. The van der Waals surface area contributed by atoms with Crippen molar-refractivity contribution in [3.05, 3.63) is 42.0 Å². The van der Waals surface area contributed by atoms with Gasteiger partial charge in [-0.15, -0.1) is 0 Å². The van der Waals surface area contributed by atoms with E-state index in [-0.39, 0.29) is 5.75 Å². The molecule has 2 N–H and O–H groups in total. The SMILES string of the molecule is [B]c1cc(O)cc(OC)c1/C=N/Nc1nc2ccccc2s1. The Morgan fingerprint density at radius 3 is 2.95 bits per heavy atom. The van der Waals surface area contributed by atoms with Crippen LogP contribution in [0.4, 0.5) is 5.13 Å². The highest BCUT2D eigenvalue weighted by molar-refractivity contribution is 7.22. The summed E-state index contributed by atoms with van der Waals surface area (Å²) in [5.41, 5.74) is 4.77. The summed E-state index contributed by atoms with van der Waals surface area (Å²) in [4.78, 5) is 4.41. The lowest BCUT2D eigenvalue weighted by molar-refractivity contribution is 0.407. The van der Waals surface area contributed by atoms with Crippen molar-refractivity contribution in [3.8, 4) is 11.5 Å². The number of thiazole rings is 1. The first-order valence-electron chi connectivity index (χ1n) is 6.48. The summed E-state index contributed by atoms with van der Waals surface area (Å²) in [6, 6.07) is 10.8. The van der Waals surface area contributed by atoms with Gasteiger partial charge in [-0.3, -0.25) is 5.43 Å². The van der Waals surface area contributed by atoms with Crippen LogP contribution in [0.15, 0.2) is 41.5 Å². The van der Waals surface area contributed by atoms with Crippen LogP contribution >= 0.6 is 11.3 Å². The minimum atomic E-state index is 0.0469. The molecule has 0 spiro atoms. The smallest absolute Gasteiger partial charge is 0.204 e. The third kappa shape index (κ3) is 2.89. The van der Waals surface area contributed by atoms with Crippen molar-refractivity contribution in [2.45, 2.75) is 0 Å². The molecule has 0 amide bonds. The van der Waals surface area contributed by atoms with Crippen molar-refractivity contribution in [2.24, 2.45) is 5.10 Å². The monoisotopic (exact) mass is 309 g/mol. The third-order valence-electron chi connectivity index (χ3n) is 3.03. The van der Waals surface area contributed by atoms with Gasteiger partial charge in [0.25, 0.3) is 0 Å². The van der Waals surface area contributed by atoms with Gasteiger partial charge in [-0.1, -0.05) is 28.9 Å². The van der Waals surface area contributed by atoms with Gasteiger partial charge in [0.1, 0.15) is 19.3 Å². The number of anilines is 1. The zero-order valence-electron chi connectivity index (χ0n) is 11.8. The Morgan fingerprint density at radius 2 is 2.18 bits per heavy atom. The highest BCUT2D eigenvalue weighted by atomic mass is 32.1. The van der Waals surface area contributed by atoms with Crippen LogP contribution in [0.1, 0.15) is 5.56 Å². The van der Waals surface area contributed by atoms with Crippen LogP contribution in [0.3, 0.4) is 0 Å². The van der Waals surface area contributed by atoms with Crippen molar-refractivity contribution in [2.75, 3.05) is 12.5 Å². The number of nitrogens with one attached hydrogen (secondary N) is 1. The largest absolute Gasteiger partial charge is 0.508 e. The van der Waals surface area contributed by atoms with Crippen LogP contribution in [0.2, 0.25) is 0 Å². The fourth-order valence-corrected chi connectivity index (χ4v) is 2.83. The maximum Gasteiger partial charge on any atom is 0.204 e. The van der Waals surface area contributed by atoms with Crippen molar-refractivity contribution in [1.82, 2.24) is 4.98 Å². The lowest BCUT2D eigenvalue weighted by Gasteiger charge is -2.08. The second-order valence-corrected chi connectivity index (χ2v) is 5.54. The minimum absolute atomic E-state index is 0.0469. The molecule has 0 fully saturated rings. The Balaban J connectivity index is 1.82. The van der Waals surface area contributed by atoms with Crippen LogP contribution in [-0.2, 0) is 0 Å². The van der Waals surface area contributed by atoms with Gasteiger partial charge in [-0.05, 0) is 18.2 Å². The van der Waals surface area contributed by atoms with E-state index in [9.17, 15) is 5.11 Å². The predicted octanol–water partition coefficient (Wildman–Crippen LogP) is 2.25. The lowest BCUT2D eigenvalue weighted by Crippen LogP contribution is -2.12. The van der Waals surface area contributed by atoms with E-state index >= 15 is 0 Å². The van der Waals surface area contributed by atoms with Gasteiger partial charge in [0.05, 0.1) is 23.5 Å². The van der Waals surface area contributed by atoms with Crippen LogP contribution < -0.4 is 15.6 Å². The molecule has 3 rings (SSSR count). The summed E-state index contributed by atoms with van der Waals surface area (Å²) in [6.45, 7) is 0. The summed E-state index contributed by atoms with van der Waals surface area (Å²) in [5.74, 6) is 0.498. The second-order valence-electron chi connectivity index (χ2n) is 4.51. The number of benzene rings is 2. The molecule has 2 radical (unpaired) electrons. The van der Waals surface area contributed by atoms with E-state index in [1.807, 2.05) is 24.3 Å². The number of methoxy groups -OCH3 is 1. The molecule has 0 saturated carbocycles. The highest BCUT2D eigenvalue weighted by Gasteiger charge is 2.06. The first-order chi connectivity index (χ1) is 10.7. The molecule has 7 heteroatoms. The van der Waals surface area contributed by atoms with E-state index in [4.69, 9.17) is 12.6 Å². The Morgan fingerprint density at radius 1 is 1.36 bits per heavy atom. The number of para-hydroxylation sites is 1. The zero-order valence-corrected chi connectivity index (χ0v) is 12.6. The van der Waals surface area contributed by atoms with Crippen LogP contribution in [0.25, 0.3) is 10.2 Å². The van der Waals surface area contributed by atoms with Gasteiger partial charge >= 0.3 is 0 Å². The van der Waals surface area contributed by atoms with E-state index in [1.165, 1.54) is 30.6 Å². The maximum absolute atomic E-state index is 9.51. The van der Waals surface area contributed by atoms with Crippen molar-refractivity contribution >= 4 is 46.2 Å². The number of aromatic nitrogens is 1. The minimum Gasteiger partial charge on any atom is -0.508 e. The number of phenolic OH excluding ortho intramolecular Hbond substituents is 1. The Bertz CT molecular complexity index is 815. The van der Waals surface area contributed by atoms with Gasteiger partial charge in [-0.25, -0.2) is 4.98 Å². The first-order valence-corrected chi connectivity index (χ1v) is 7.30. The summed E-state index contributed by atoms with van der Waals surface area (Å²) in [6.07, 6.45) is 1.54. The lowest BCUT2D eigenvalue weighted by atomic mass is 9.90. The van der Waals surface area contributed by atoms with Crippen LogP contribution in [0, 0.1) is 0 Å². The number of phenols is 1. The molecule has 0 bridgehead atoms. The van der Waals surface area contributed by atoms with Crippen molar-refractivity contribution in [3.63, 3.8) is 0 Å². The molecule has 0 aliphatic heterocycles. The fourth-order valence-electron chi connectivity index (χ4n) is 2.01. The average molecular weight is 309 g/mol. The molecular weight excluding hydrogens is 297 g/mol. The van der Waals surface area contributed by atoms with Crippen molar-refractivity contribution < 1.29 is 9.84 Å². The van der Waals surface area contributed by atoms with E-state index in [1.54, 1.807) is 6.21 Å². The summed E-state index contributed by atoms with van der Waals surface area (Å²) in [7, 11) is 7.37. The Kier molecular flexibility index (Phi) is 3.97. The van der Waals surface area contributed by atoms with Crippen LogP contribution in [0.5, 0.6) is 11.5 Å². The molecule has 0 aliphatic rings. The van der Waals surface area contributed by atoms with E-state index in [2.05, 4.69) is 15.5 Å². The second kappa shape index (κ2) is 6.07. The number of fused-ring (bicyclic) bond motifs is 1. The fraction of sp³-hybridized carbons (Fsp3) is 0.0667. The van der Waals surface area contributed by atoms with Gasteiger partial charge in [0, 0.05) is 11.6 Å². The average Bonchev–Trinajstić information content (AvgIpc) is 2.91. The molecule has 5 nitrogen and oxygen atoms in total. The number of hydrogen-bond donors (Lipinski definition) is 2. The number of aromatic hydroxyl groups is 1. The molecule has 22 heavy (non-hydrogen) atoms. The van der Waals surface area contributed by atoms with Gasteiger partial charge in [0.15, 0.2) is 0 Å². The molecule has 1 heterocycles. The van der Waals surface area contributed by atoms with E-state index < -0.39 is 0 Å². The quantitative estimate of drug-likeness (QED) is 0.441. The summed E-state index contributed by atoms with van der Waals surface area (Å²) >= 11 is 1.51. The highest BCUT2D eigenvalue weighted by Crippen LogP contribution is 2.25. The molecule has 1 aromatic heterocycles. The molecular formula is C15H12BN3O2S. The number of ether oxygens (including phenoxy) is 1. The topological polar surface area (TPSA) is 66.7 Å². The normalized spacial score (nSPS) is 11.1. The number of hydrogen-bond acceptors (Lipinski definition) is 6. The number of hydrazone groups is 1. The van der Waals surface area contributed by atoms with E-state index in [0.29, 0.717) is 21.9 Å². The van der Waals surface area contributed by atoms with Crippen LogP contribution in [-0.4, -0.2) is 31.3 Å². The summed E-state index contributed by atoms with van der Waals surface area (Å²) in [5, 5.41) is 14.3. The Labute approximate surface area is 132 Å². The predicted molar refractivity (Wildman–Crippen MR) is 90.9 cm³/mol. The molecule has 3 aromatic rings. The summed E-state index contributed by atoms with van der Waals surface area (Å²) < 4.78 is 6.27. The zero-order chi connectivity index (χ0) is 15.5. The molecule has 0 aliphatic carbocycles. The van der Waals surface area contributed by atoms with E-state index in [0.717, 1.165) is 10.2 Å². The van der Waals surface area contributed by atoms with Gasteiger partial charge in [-0.2, -0.15) is 5.10 Å². The molecule has 0 unspecified atom stereocenters.